The Bertz CT molecular complexity index is 762. The van der Waals surface area contributed by atoms with E-state index < -0.39 is 5.60 Å². The minimum Gasteiger partial charge on any atom is -0.444 e. The summed E-state index contributed by atoms with van der Waals surface area (Å²) < 4.78 is 7.30. The van der Waals surface area contributed by atoms with Crippen LogP contribution in [0.5, 0.6) is 0 Å². The van der Waals surface area contributed by atoms with E-state index in [1.54, 1.807) is 9.58 Å². The second kappa shape index (κ2) is 6.43. The van der Waals surface area contributed by atoms with Gasteiger partial charge in [0.2, 0.25) is 0 Å². The first kappa shape index (κ1) is 17.3. The lowest BCUT2D eigenvalue weighted by molar-refractivity contribution is 0.0221. The van der Waals surface area contributed by atoms with Gasteiger partial charge in [-0.1, -0.05) is 18.2 Å². The number of para-hydroxylation sites is 1. The summed E-state index contributed by atoms with van der Waals surface area (Å²) in [5.41, 5.74) is 8.47. The maximum absolute atomic E-state index is 12.6. The van der Waals surface area contributed by atoms with Crippen LogP contribution in [0.15, 0.2) is 30.3 Å². The lowest BCUT2D eigenvalue weighted by Gasteiger charge is -2.28. The van der Waals surface area contributed by atoms with Crippen LogP contribution in [0, 0.1) is 6.92 Å². The molecule has 1 aromatic carbocycles. The average Bonchev–Trinajstić information content (AvgIpc) is 3.13. The molecule has 1 saturated heterocycles. The van der Waals surface area contributed by atoms with Crippen LogP contribution in [0.1, 0.15) is 50.9 Å². The molecule has 0 spiro atoms. The van der Waals surface area contributed by atoms with E-state index in [2.05, 4.69) is 0 Å². The Kier molecular flexibility index (Phi) is 4.45. The molecule has 0 unspecified atom stereocenters. The normalized spacial score (nSPS) is 17.8. The van der Waals surface area contributed by atoms with E-state index in [0.29, 0.717) is 12.4 Å². The number of rotatable bonds is 2. The second-order valence-electron chi connectivity index (χ2n) is 7.47. The summed E-state index contributed by atoms with van der Waals surface area (Å²) in [6.45, 7) is 8.27. The largest absolute Gasteiger partial charge is 0.444 e. The first-order valence-corrected chi connectivity index (χ1v) is 8.68. The third-order valence-corrected chi connectivity index (χ3v) is 4.40. The average molecular weight is 342 g/mol. The number of aromatic nitrogens is 2. The van der Waals surface area contributed by atoms with E-state index in [1.165, 1.54) is 0 Å². The van der Waals surface area contributed by atoms with Gasteiger partial charge in [-0.3, -0.25) is 4.90 Å². The highest BCUT2D eigenvalue weighted by Gasteiger charge is 2.36. The standard InChI is InChI=1S/C19H26N4O2/c1-13-16(21-23(17(13)20)14-9-6-5-7-10-14)15-11-8-12-22(15)18(24)25-19(2,3)4/h5-7,9-10,15H,8,11-12,20H2,1-4H3/t15-/m1/s1. The van der Waals surface area contributed by atoms with Crippen molar-refractivity contribution >= 4 is 11.9 Å². The molecule has 1 aromatic heterocycles. The predicted molar refractivity (Wildman–Crippen MR) is 97.6 cm³/mol. The molecule has 25 heavy (non-hydrogen) atoms. The van der Waals surface area contributed by atoms with Gasteiger partial charge >= 0.3 is 6.09 Å². The zero-order chi connectivity index (χ0) is 18.2. The van der Waals surface area contributed by atoms with Crippen molar-refractivity contribution in [1.82, 2.24) is 14.7 Å². The van der Waals surface area contributed by atoms with Crippen LogP contribution in [-0.2, 0) is 4.74 Å². The molecule has 1 amide bonds. The summed E-state index contributed by atoms with van der Waals surface area (Å²) in [4.78, 5) is 14.3. The SMILES string of the molecule is Cc1c([C@H]2CCCN2C(=O)OC(C)(C)C)nn(-c2ccccc2)c1N. The van der Waals surface area contributed by atoms with Crippen molar-refractivity contribution in [2.24, 2.45) is 0 Å². The molecule has 1 aliphatic rings. The van der Waals surface area contributed by atoms with Gasteiger partial charge in [0.1, 0.15) is 11.4 Å². The van der Waals surface area contributed by atoms with Crippen LogP contribution >= 0.6 is 0 Å². The first-order valence-electron chi connectivity index (χ1n) is 8.68. The number of likely N-dealkylation sites (tertiary alicyclic amines) is 1. The summed E-state index contributed by atoms with van der Waals surface area (Å²) in [5.74, 6) is 0.609. The molecule has 0 aliphatic carbocycles. The van der Waals surface area contributed by atoms with Crippen LogP contribution in [0.25, 0.3) is 5.69 Å². The molecule has 6 nitrogen and oxygen atoms in total. The van der Waals surface area contributed by atoms with Gasteiger partial charge in [-0.25, -0.2) is 9.48 Å². The van der Waals surface area contributed by atoms with Crippen LogP contribution in [0.2, 0.25) is 0 Å². The molecular weight excluding hydrogens is 316 g/mol. The number of amides is 1. The van der Waals surface area contributed by atoms with Crippen molar-refractivity contribution in [2.45, 2.75) is 52.2 Å². The highest BCUT2D eigenvalue weighted by atomic mass is 16.6. The zero-order valence-electron chi connectivity index (χ0n) is 15.3. The van der Waals surface area contributed by atoms with Crippen molar-refractivity contribution in [3.63, 3.8) is 0 Å². The molecule has 2 N–H and O–H groups in total. The van der Waals surface area contributed by atoms with E-state index in [-0.39, 0.29) is 12.1 Å². The lowest BCUT2D eigenvalue weighted by Crippen LogP contribution is -2.36. The maximum atomic E-state index is 12.6. The van der Waals surface area contributed by atoms with Crippen LogP contribution in [-0.4, -0.2) is 32.9 Å². The van der Waals surface area contributed by atoms with Gasteiger partial charge in [0.25, 0.3) is 0 Å². The van der Waals surface area contributed by atoms with Gasteiger partial charge in [-0.2, -0.15) is 5.10 Å². The van der Waals surface area contributed by atoms with E-state index in [4.69, 9.17) is 15.6 Å². The number of carbonyl (C=O) groups excluding carboxylic acids is 1. The van der Waals surface area contributed by atoms with E-state index in [9.17, 15) is 4.79 Å². The van der Waals surface area contributed by atoms with Crippen molar-refractivity contribution in [3.8, 4) is 5.69 Å². The van der Waals surface area contributed by atoms with Gasteiger partial charge in [0.15, 0.2) is 0 Å². The number of hydrogen-bond acceptors (Lipinski definition) is 4. The number of anilines is 1. The molecule has 0 radical (unpaired) electrons. The summed E-state index contributed by atoms with van der Waals surface area (Å²) in [6, 6.07) is 9.70. The Morgan fingerprint density at radius 2 is 1.96 bits per heavy atom. The summed E-state index contributed by atoms with van der Waals surface area (Å²) in [5, 5.41) is 4.73. The van der Waals surface area contributed by atoms with E-state index in [1.807, 2.05) is 58.0 Å². The Labute approximate surface area is 148 Å². The maximum Gasteiger partial charge on any atom is 0.410 e. The Morgan fingerprint density at radius 3 is 2.60 bits per heavy atom. The fraction of sp³-hybridized carbons (Fsp3) is 0.474. The minimum absolute atomic E-state index is 0.0953. The van der Waals surface area contributed by atoms with Crippen molar-refractivity contribution in [1.29, 1.82) is 0 Å². The van der Waals surface area contributed by atoms with Crippen LogP contribution in [0.4, 0.5) is 10.6 Å². The highest BCUT2D eigenvalue weighted by Crippen LogP contribution is 2.36. The van der Waals surface area contributed by atoms with Crippen molar-refractivity contribution in [3.05, 3.63) is 41.6 Å². The number of nitrogens with zero attached hydrogens (tertiary/aromatic N) is 3. The molecule has 2 aromatic rings. The fourth-order valence-electron chi connectivity index (χ4n) is 3.20. The second-order valence-corrected chi connectivity index (χ2v) is 7.47. The third-order valence-electron chi connectivity index (χ3n) is 4.40. The molecule has 1 fully saturated rings. The van der Waals surface area contributed by atoms with Crippen molar-refractivity contribution in [2.75, 3.05) is 12.3 Å². The van der Waals surface area contributed by atoms with Gasteiger partial charge in [0, 0.05) is 12.1 Å². The third kappa shape index (κ3) is 3.48. The lowest BCUT2D eigenvalue weighted by atomic mass is 10.1. The molecule has 1 atom stereocenters. The zero-order valence-corrected chi connectivity index (χ0v) is 15.3. The molecule has 1 aliphatic heterocycles. The van der Waals surface area contributed by atoms with E-state index >= 15 is 0 Å². The Morgan fingerprint density at radius 1 is 1.28 bits per heavy atom. The minimum atomic E-state index is -0.512. The van der Waals surface area contributed by atoms with Gasteiger partial charge in [-0.05, 0) is 52.7 Å². The van der Waals surface area contributed by atoms with Gasteiger partial charge < -0.3 is 10.5 Å². The Hall–Kier alpha value is -2.50. The van der Waals surface area contributed by atoms with Gasteiger partial charge in [0.05, 0.1) is 17.4 Å². The fourth-order valence-corrected chi connectivity index (χ4v) is 3.20. The molecule has 2 heterocycles. The first-order chi connectivity index (χ1) is 11.8. The summed E-state index contributed by atoms with van der Waals surface area (Å²) in [7, 11) is 0. The summed E-state index contributed by atoms with van der Waals surface area (Å²) >= 11 is 0. The molecule has 134 valence electrons. The molecule has 0 saturated carbocycles. The van der Waals surface area contributed by atoms with E-state index in [0.717, 1.165) is 29.8 Å². The number of benzene rings is 1. The number of ether oxygens (including phenoxy) is 1. The monoisotopic (exact) mass is 342 g/mol. The molecule has 0 bridgehead atoms. The van der Waals surface area contributed by atoms with Crippen LogP contribution < -0.4 is 5.73 Å². The number of nitrogens with two attached hydrogens (primary N) is 1. The topological polar surface area (TPSA) is 73.4 Å². The van der Waals surface area contributed by atoms with Crippen molar-refractivity contribution < 1.29 is 9.53 Å². The quantitative estimate of drug-likeness (QED) is 0.900. The smallest absolute Gasteiger partial charge is 0.410 e. The number of hydrogen-bond donors (Lipinski definition) is 1. The van der Waals surface area contributed by atoms with Gasteiger partial charge in [-0.15, -0.1) is 0 Å². The molecular formula is C19H26N4O2. The summed E-state index contributed by atoms with van der Waals surface area (Å²) in [6.07, 6.45) is 1.51. The highest BCUT2D eigenvalue weighted by molar-refractivity contribution is 5.69. The number of nitrogen functional groups attached to an aromatic ring is 1. The molecule has 6 heteroatoms. The van der Waals surface area contributed by atoms with Crippen LogP contribution in [0.3, 0.4) is 0 Å². The number of carbonyl (C=O) groups is 1. The Balaban J connectivity index is 1.92. The predicted octanol–water partition coefficient (Wildman–Crippen LogP) is 3.83. The molecule has 3 rings (SSSR count).